The molecular formula is C30H32F3N3O6. The lowest BCUT2D eigenvalue weighted by atomic mass is 9.91. The van der Waals surface area contributed by atoms with Gasteiger partial charge in [0.2, 0.25) is 5.88 Å². The van der Waals surface area contributed by atoms with Gasteiger partial charge in [-0.05, 0) is 74.1 Å². The highest BCUT2D eigenvalue weighted by Crippen LogP contribution is 2.45. The predicted molar refractivity (Wildman–Crippen MR) is 145 cm³/mol. The second kappa shape index (κ2) is 12.8. The van der Waals surface area contributed by atoms with Gasteiger partial charge in [0.25, 0.3) is 0 Å². The molecular weight excluding hydrogens is 555 g/mol. The second-order valence-corrected chi connectivity index (χ2v) is 10.6. The minimum atomic E-state index is -4.48. The highest BCUT2D eigenvalue weighted by atomic mass is 19.4. The van der Waals surface area contributed by atoms with E-state index in [1.807, 2.05) is 12.1 Å². The molecule has 0 bridgehead atoms. The summed E-state index contributed by atoms with van der Waals surface area (Å²) in [5.41, 5.74) is 2.18. The number of methoxy groups -OCH3 is 1. The van der Waals surface area contributed by atoms with Gasteiger partial charge in [0.1, 0.15) is 17.6 Å². The zero-order valence-electron chi connectivity index (χ0n) is 23.0. The van der Waals surface area contributed by atoms with E-state index in [9.17, 15) is 23.1 Å². The fourth-order valence-electron chi connectivity index (χ4n) is 5.22. The first-order chi connectivity index (χ1) is 20.2. The van der Waals surface area contributed by atoms with Gasteiger partial charge in [-0.25, -0.2) is 15.0 Å². The van der Waals surface area contributed by atoms with Crippen LogP contribution in [0.15, 0.2) is 48.9 Å². The lowest BCUT2D eigenvalue weighted by Crippen LogP contribution is -2.30. The second-order valence-electron chi connectivity index (χ2n) is 10.6. The van der Waals surface area contributed by atoms with Crippen LogP contribution in [0, 0.1) is 5.92 Å². The van der Waals surface area contributed by atoms with Crippen LogP contribution in [-0.4, -0.2) is 58.1 Å². The highest BCUT2D eigenvalue weighted by molar-refractivity contribution is 5.70. The highest BCUT2D eigenvalue weighted by Gasteiger charge is 2.34. The predicted octanol–water partition coefficient (Wildman–Crippen LogP) is 6.23. The first kappa shape index (κ1) is 29.4. The number of carboxylic acid groups (broad SMARTS) is 1. The molecule has 0 spiro atoms. The molecule has 9 nitrogen and oxygen atoms in total. The van der Waals surface area contributed by atoms with Gasteiger partial charge in [-0.15, -0.1) is 0 Å². The van der Waals surface area contributed by atoms with E-state index in [-0.39, 0.29) is 30.6 Å². The number of carbonyl (C=O) groups is 1. The summed E-state index contributed by atoms with van der Waals surface area (Å²) in [6.07, 6.45) is 4.97. The van der Waals surface area contributed by atoms with Gasteiger partial charge in [0, 0.05) is 41.9 Å². The number of aliphatic carboxylic acids is 1. The molecule has 2 aromatic heterocycles. The Hall–Kier alpha value is -4.09. The van der Waals surface area contributed by atoms with Crippen LogP contribution >= 0.6 is 0 Å². The largest absolute Gasteiger partial charge is 0.497 e. The van der Waals surface area contributed by atoms with Gasteiger partial charge >= 0.3 is 18.2 Å². The summed E-state index contributed by atoms with van der Waals surface area (Å²) >= 11 is 0. The molecule has 2 fully saturated rings. The van der Waals surface area contributed by atoms with Gasteiger partial charge in [-0.3, -0.25) is 4.79 Å². The average molecular weight is 588 g/mol. The van der Waals surface area contributed by atoms with Crippen molar-refractivity contribution >= 4 is 5.97 Å². The number of carboxylic acids is 1. The Labute approximate surface area is 241 Å². The van der Waals surface area contributed by atoms with Gasteiger partial charge in [-0.1, -0.05) is 0 Å². The van der Waals surface area contributed by atoms with Crippen LogP contribution in [0.1, 0.15) is 56.4 Å². The molecule has 2 heterocycles. The summed E-state index contributed by atoms with van der Waals surface area (Å²) in [6.45, 7) is -1.47. The molecule has 1 aromatic carbocycles. The van der Waals surface area contributed by atoms with E-state index in [1.165, 1.54) is 12.4 Å². The molecule has 12 heteroatoms. The van der Waals surface area contributed by atoms with Crippen molar-refractivity contribution < 1.29 is 42.0 Å². The van der Waals surface area contributed by atoms with E-state index < -0.39 is 18.8 Å². The van der Waals surface area contributed by atoms with Crippen LogP contribution in [0.2, 0.25) is 0 Å². The Morgan fingerprint density at radius 2 is 1.67 bits per heavy atom. The van der Waals surface area contributed by atoms with Crippen molar-refractivity contribution in [1.29, 1.82) is 0 Å². The molecule has 0 radical (unpaired) electrons. The minimum Gasteiger partial charge on any atom is -0.497 e. The smallest absolute Gasteiger partial charge is 0.422 e. The maximum absolute atomic E-state index is 12.4. The summed E-state index contributed by atoms with van der Waals surface area (Å²) in [6, 6.07) is 8.69. The number of alkyl halides is 3. The first-order valence-corrected chi connectivity index (χ1v) is 13.9. The van der Waals surface area contributed by atoms with Crippen LogP contribution in [0.25, 0.3) is 11.1 Å². The van der Waals surface area contributed by atoms with Crippen molar-refractivity contribution in [2.24, 2.45) is 5.92 Å². The van der Waals surface area contributed by atoms with Gasteiger partial charge < -0.3 is 24.1 Å². The van der Waals surface area contributed by atoms with Crippen LogP contribution < -0.4 is 18.9 Å². The number of halogens is 3. The van der Waals surface area contributed by atoms with Gasteiger partial charge in [0.05, 0.1) is 19.6 Å². The molecule has 3 aromatic rings. The fourth-order valence-corrected chi connectivity index (χ4v) is 5.22. The topological polar surface area (TPSA) is 113 Å². The van der Waals surface area contributed by atoms with Crippen LogP contribution in [0.4, 0.5) is 13.2 Å². The average Bonchev–Trinajstić information content (AvgIpc) is 3.81. The fraction of sp³-hybridized carbons (Fsp3) is 0.467. The number of nitrogens with zero attached hydrogens (tertiary/aromatic N) is 3. The summed E-state index contributed by atoms with van der Waals surface area (Å²) in [5, 5.41) is 9.34. The Morgan fingerprint density at radius 1 is 0.976 bits per heavy atom. The number of pyridine rings is 1. The van der Waals surface area contributed by atoms with Crippen LogP contribution in [0.3, 0.4) is 0 Å². The summed E-state index contributed by atoms with van der Waals surface area (Å²) in [4.78, 5) is 23.6. The van der Waals surface area contributed by atoms with Crippen molar-refractivity contribution in [2.75, 3.05) is 13.7 Å². The number of benzene rings is 1. The normalized spacial score (nSPS) is 19.5. The number of aromatic nitrogens is 3. The molecule has 224 valence electrons. The lowest BCUT2D eigenvalue weighted by molar-refractivity contribution is -0.154. The summed E-state index contributed by atoms with van der Waals surface area (Å²) in [5.74, 6) is 1.22. The zero-order valence-corrected chi connectivity index (χ0v) is 23.0. The van der Waals surface area contributed by atoms with Crippen molar-refractivity contribution in [2.45, 2.75) is 69.2 Å². The van der Waals surface area contributed by atoms with Crippen LogP contribution in [-0.2, 0) is 4.79 Å². The monoisotopic (exact) mass is 587 g/mol. The molecule has 2 aliphatic rings. The molecule has 2 saturated carbocycles. The van der Waals surface area contributed by atoms with Crippen molar-refractivity contribution in [3.8, 4) is 34.5 Å². The third-order valence-corrected chi connectivity index (χ3v) is 7.47. The molecule has 1 atom stereocenters. The number of ether oxygens (including phenoxy) is 4. The van der Waals surface area contributed by atoms with Gasteiger partial charge in [0.15, 0.2) is 6.61 Å². The van der Waals surface area contributed by atoms with E-state index in [0.29, 0.717) is 34.4 Å². The molecule has 42 heavy (non-hydrogen) atoms. The van der Waals surface area contributed by atoms with E-state index in [1.54, 1.807) is 31.5 Å². The number of hydrogen-bond donors (Lipinski definition) is 1. The zero-order chi connectivity index (χ0) is 29.7. The van der Waals surface area contributed by atoms with Gasteiger partial charge in [-0.2, -0.15) is 13.2 Å². The standard InChI is InChI=1S/C30H32F3N3O6/c1-39-23-8-9-24(20-15-35-29(36-16-20)40-17-30(31,32)33)26(13-23)41-21-4-6-22(7-5-21)42-27-12-19(10-11-34-27)25(14-28(37)38)18-2-3-18/h8-13,15-16,18,21-22,25H,2-7,14,17H2,1H3,(H,37,38)/t21-,22-,25?. The van der Waals surface area contributed by atoms with Crippen molar-refractivity contribution in [1.82, 2.24) is 15.0 Å². The van der Waals surface area contributed by atoms with Crippen LogP contribution in [0.5, 0.6) is 23.4 Å². The molecule has 5 rings (SSSR count). The Kier molecular flexibility index (Phi) is 8.98. The minimum absolute atomic E-state index is 0.0249. The summed E-state index contributed by atoms with van der Waals surface area (Å²) in [7, 11) is 1.55. The van der Waals surface area contributed by atoms with E-state index >= 15 is 0 Å². The summed E-state index contributed by atoms with van der Waals surface area (Å²) < 4.78 is 59.9. The lowest BCUT2D eigenvalue weighted by Gasteiger charge is -2.30. The molecule has 0 aliphatic heterocycles. The molecule has 1 unspecified atom stereocenters. The van der Waals surface area contributed by atoms with E-state index in [0.717, 1.165) is 44.1 Å². The molecule has 0 amide bonds. The maximum atomic E-state index is 12.4. The van der Waals surface area contributed by atoms with Crippen molar-refractivity contribution in [3.05, 3.63) is 54.5 Å². The molecule has 1 N–H and O–H groups in total. The maximum Gasteiger partial charge on any atom is 0.422 e. The molecule has 0 saturated heterocycles. The third-order valence-electron chi connectivity index (χ3n) is 7.47. The number of hydrogen-bond acceptors (Lipinski definition) is 8. The Balaban J connectivity index is 1.20. The SMILES string of the molecule is COc1ccc(-c2cnc(OCC(F)(F)F)nc2)c(O[C@H]2CC[C@H](Oc3cc(C(CC(=O)O)C4CC4)ccn3)CC2)c1. The first-order valence-electron chi connectivity index (χ1n) is 13.9. The Bertz CT molecular complexity index is 1360. The molecule has 2 aliphatic carbocycles. The number of rotatable bonds is 12. The van der Waals surface area contributed by atoms with E-state index in [2.05, 4.69) is 19.7 Å². The third kappa shape index (κ3) is 8.01. The van der Waals surface area contributed by atoms with Crippen molar-refractivity contribution in [3.63, 3.8) is 0 Å². The Morgan fingerprint density at radius 3 is 2.29 bits per heavy atom. The van der Waals surface area contributed by atoms with E-state index in [4.69, 9.17) is 14.2 Å². The quantitative estimate of drug-likeness (QED) is 0.264.